The third kappa shape index (κ3) is 5.31. The van der Waals surface area contributed by atoms with E-state index in [1.54, 1.807) is 17.0 Å². The molecule has 0 bridgehead atoms. The van der Waals surface area contributed by atoms with Gasteiger partial charge in [-0.2, -0.15) is 26.3 Å². The Morgan fingerprint density at radius 2 is 1.43 bits per heavy atom. The van der Waals surface area contributed by atoms with E-state index in [0.29, 0.717) is 11.4 Å². The molecular weight excluding hydrogens is 412 g/mol. The number of nitrogens with one attached hydrogen (secondary N) is 1. The van der Waals surface area contributed by atoms with E-state index in [4.69, 9.17) is 5.73 Å². The van der Waals surface area contributed by atoms with Gasteiger partial charge < -0.3 is 16.0 Å². The maximum absolute atomic E-state index is 12.9. The highest BCUT2D eigenvalue weighted by molar-refractivity contribution is 6.01. The SMILES string of the molecule is Nc1ccc(N2CCC(C(F)(F)F)CC2)c(C(=O)N[C@H]2CC[C@H](C(F)(F)F)CC2)c1. The third-order valence-corrected chi connectivity index (χ3v) is 6.09. The minimum atomic E-state index is -4.23. The van der Waals surface area contributed by atoms with E-state index in [9.17, 15) is 31.1 Å². The number of benzene rings is 1. The summed E-state index contributed by atoms with van der Waals surface area (Å²) in [6.45, 7) is 0.316. The zero-order valence-electron chi connectivity index (χ0n) is 16.3. The summed E-state index contributed by atoms with van der Waals surface area (Å²) in [5.74, 6) is -3.17. The van der Waals surface area contributed by atoms with Gasteiger partial charge in [0.05, 0.1) is 17.4 Å². The van der Waals surface area contributed by atoms with E-state index in [-0.39, 0.29) is 63.2 Å². The van der Waals surface area contributed by atoms with Crippen molar-refractivity contribution in [1.82, 2.24) is 5.32 Å². The standard InChI is InChI=1S/C20H25F6N3O/c21-19(22,23)12-1-4-15(5-2-12)28-18(30)16-11-14(27)3-6-17(16)29-9-7-13(8-10-29)20(24,25)26/h3,6,11-13,15H,1-2,4-5,7-10,27H2,(H,28,30)/t12-,15-. The Labute approximate surface area is 170 Å². The number of carbonyl (C=O) groups is 1. The molecule has 168 valence electrons. The molecule has 1 saturated carbocycles. The van der Waals surface area contributed by atoms with Gasteiger partial charge in [0.1, 0.15) is 0 Å². The maximum Gasteiger partial charge on any atom is 0.391 e. The number of amides is 1. The minimum Gasteiger partial charge on any atom is -0.399 e. The molecule has 1 saturated heterocycles. The number of hydrogen-bond donors (Lipinski definition) is 2. The lowest BCUT2D eigenvalue weighted by molar-refractivity contribution is -0.182. The van der Waals surface area contributed by atoms with Crippen LogP contribution in [0.15, 0.2) is 18.2 Å². The number of rotatable bonds is 3. The highest BCUT2D eigenvalue weighted by Crippen LogP contribution is 2.38. The maximum atomic E-state index is 12.9. The summed E-state index contributed by atoms with van der Waals surface area (Å²) in [5, 5.41) is 2.78. The van der Waals surface area contributed by atoms with Crippen molar-refractivity contribution in [2.24, 2.45) is 11.8 Å². The van der Waals surface area contributed by atoms with Crippen molar-refractivity contribution in [1.29, 1.82) is 0 Å². The molecule has 3 N–H and O–H groups in total. The normalized spacial score (nSPS) is 24.0. The van der Waals surface area contributed by atoms with Crippen LogP contribution in [0.1, 0.15) is 48.9 Å². The summed E-state index contributed by atoms with van der Waals surface area (Å²) < 4.78 is 77.2. The van der Waals surface area contributed by atoms with E-state index in [1.807, 2.05) is 0 Å². The number of carbonyl (C=O) groups excluding carboxylic acids is 1. The van der Waals surface area contributed by atoms with E-state index in [1.165, 1.54) is 6.07 Å². The number of anilines is 2. The van der Waals surface area contributed by atoms with E-state index >= 15 is 0 Å². The molecule has 1 aromatic rings. The number of alkyl halides is 6. The molecule has 0 spiro atoms. The Morgan fingerprint density at radius 3 is 1.97 bits per heavy atom. The zero-order chi connectivity index (χ0) is 22.1. The van der Waals surface area contributed by atoms with Gasteiger partial charge in [-0.1, -0.05) is 0 Å². The molecule has 0 radical (unpaired) electrons. The van der Waals surface area contributed by atoms with Gasteiger partial charge in [-0.3, -0.25) is 4.79 Å². The molecule has 3 rings (SSSR count). The molecule has 1 amide bonds. The first-order chi connectivity index (χ1) is 13.9. The second-order valence-electron chi connectivity index (χ2n) is 8.14. The minimum absolute atomic E-state index is 0.0385. The van der Waals surface area contributed by atoms with E-state index in [0.717, 1.165) is 0 Å². The van der Waals surface area contributed by atoms with Crippen LogP contribution in [0.4, 0.5) is 37.7 Å². The van der Waals surface area contributed by atoms with Crippen molar-refractivity contribution < 1.29 is 31.1 Å². The second kappa shape index (κ2) is 8.55. The molecule has 1 aliphatic heterocycles. The molecule has 1 aromatic carbocycles. The van der Waals surface area contributed by atoms with Gasteiger partial charge in [0.25, 0.3) is 5.91 Å². The van der Waals surface area contributed by atoms with Crippen LogP contribution < -0.4 is 16.0 Å². The lowest BCUT2D eigenvalue weighted by Gasteiger charge is -2.35. The van der Waals surface area contributed by atoms with Crippen LogP contribution in [-0.2, 0) is 0 Å². The largest absolute Gasteiger partial charge is 0.399 e. The number of nitrogen functional groups attached to an aromatic ring is 1. The summed E-state index contributed by atoms with van der Waals surface area (Å²) >= 11 is 0. The second-order valence-corrected chi connectivity index (χ2v) is 8.14. The number of piperidine rings is 1. The van der Waals surface area contributed by atoms with Gasteiger partial charge in [0, 0.05) is 30.5 Å². The number of halogens is 6. The van der Waals surface area contributed by atoms with Crippen LogP contribution >= 0.6 is 0 Å². The van der Waals surface area contributed by atoms with Gasteiger partial charge in [-0.05, 0) is 56.7 Å². The Balaban J connectivity index is 1.66. The van der Waals surface area contributed by atoms with Crippen molar-refractivity contribution in [2.45, 2.75) is 56.9 Å². The summed E-state index contributed by atoms with van der Waals surface area (Å²) in [5.41, 5.74) is 6.86. The summed E-state index contributed by atoms with van der Waals surface area (Å²) in [7, 11) is 0. The van der Waals surface area contributed by atoms with Crippen molar-refractivity contribution in [3.63, 3.8) is 0 Å². The molecule has 2 fully saturated rings. The van der Waals surface area contributed by atoms with Crippen LogP contribution in [0.5, 0.6) is 0 Å². The molecule has 4 nitrogen and oxygen atoms in total. The molecular formula is C20H25F6N3O. The Morgan fingerprint density at radius 1 is 0.900 bits per heavy atom. The number of hydrogen-bond acceptors (Lipinski definition) is 3. The first-order valence-electron chi connectivity index (χ1n) is 10.0. The average Bonchev–Trinajstić information content (AvgIpc) is 2.67. The van der Waals surface area contributed by atoms with Gasteiger partial charge in [0.2, 0.25) is 0 Å². The first kappa shape index (κ1) is 22.6. The fraction of sp³-hybridized carbons (Fsp3) is 0.650. The number of nitrogens with zero attached hydrogens (tertiary/aromatic N) is 1. The summed E-state index contributed by atoms with van der Waals surface area (Å²) in [6.07, 6.45) is -8.20. The molecule has 1 aliphatic carbocycles. The lowest BCUT2D eigenvalue weighted by Crippen LogP contribution is -2.42. The van der Waals surface area contributed by atoms with Crippen molar-refractivity contribution in [3.8, 4) is 0 Å². The Bertz CT molecular complexity index is 748. The first-order valence-corrected chi connectivity index (χ1v) is 10.0. The van der Waals surface area contributed by atoms with Gasteiger partial charge in [-0.25, -0.2) is 0 Å². The molecule has 0 atom stereocenters. The zero-order valence-corrected chi connectivity index (χ0v) is 16.3. The molecule has 30 heavy (non-hydrogen) atoms. The van der Waals surface area contributed by atoms with Crippen LogP contribution in [-0.4, -0.2) is 37.4 Å². The van der Waals surface area contributed by atoms with Crippen LogP contribution in [0.25, 0.3) is 0 Å². The molecule has 1 heterocycles. The summed E-state index contributed by atoms with van der Waals surface area (Å²) in [4.78, 5) is 14.6. The van der Waals surface area contributed by atoms with Crippen molar-refractivity contribution in [3.05, 3.63) is 23.8 Å². The van der Waals surface area contributed by atoms with Crippen molar-refractivity contribution in [2.75, 3.05) is 23.7 Å². The average molecular weight is 437 g/mol. The predicted octanol–water partition coefficient (Wildman–Crippen LogP) is 4.90. The topological polar surface area (TPSA) is 58.4 Å². The smallest absolute Gasteiger partial charge is 0.391 e. The fourth-order valence-electron chi connectivity index (χ4n) is 4.29. The fourth-order valence-corrected chi connectivity index (χ4v) is 4.29. The van der Waals surface area contributed by atoms with Gasteiger partial charge in [0.15, 0.2) is 0 Å². The molecule has 0 aromatic heterocycles. The highest BCUT2D eigenvalue weighted by Gasteiger charge is 2.42. The summed E-state index contributed by atoms with van der Waals surface area (Å²) in [6, 6.07) is 4.28. The van der Waals surface area contributed by atoms with Crippen LogP contribution in [0.3, 0.4) is 0 Å². The molecule has 10 heteroatoms. The monoisotopic (exact) mass is 437 g/mol. The van der Waals surface area contributed by atoms with Gasteiger partial charge >= 0.3 is 12.4 Å². The van der Waals surface area contributed by atoms with Crippen LogP contribution in [0, 0.1) is 11.8 Å². The lowest BCUT2D eigenvalue weighted by atomic mass is 9.85. The third-order valence-electron chi connectivity index (χ3n) is 6.09. The van der Waals surface area contributed by atoms with E-state index < -0.39 is 30.1 Å². The van der Waals surface area contributed by atoms with Crippen molar-refractivity contribution >= 4 is 17.3 Å². The number of nitrogens with two attached hydrogens (primary N) is 1. The Hall–Kier alpha value is -2.13. The van der Waals surface area contributed by atoms with Gasteiger partial charge in [-0.15, -0.1) is 0 Å². The predicted molar refractivity (Wildman–Crippen MR) is 101 cm³/mol. The Kier molecular flexibility index (Phi) is 6.43. The highest BCUT2D eigenvalue weighted by atomic mass is 19.4. The van der Waals surface area contributed by atoms with Crippen LogP contribution in [0.2, 0.25) is 0 Å². The quantitative estimate of drug-likeness (QED) is 0.523. The molecule has 2 aliphatic rings. The van der Waals surface area contributed by atoms with E-state index in [2.05, 4.69) is 5.32 Å². The molecule has 0 unspecified atom stereocenters.